The van der Waals surface area contributed by atoms with Crippen molar-refractivity contribution in [1.29, 1.82) is 0 Å². The molecule has 6 nitrogen and oxygen atoms in total. The number of ketones is 1. The first-order valence-corrected chi connectivity index (χ1v) is 9.03. The van der Waals surface area contributed by atoms with Crippen molar-refractivity contribution in [2.24, 2.45) is 5.92 Å². The first-order chi connectivity index (χ1) is 11.5. The van der Waals surface area contributed by atoms with E-state index < -0.39 is 0 Å². The lowest BCUT2D eigenvalue weighted by atomic mass is 9.96. The number of hydrogen-bond acceptors (Lipinski definition) is 6. The molecule has 1 aromatic heterocycles. The smallest absolute Gasteiger partial charge is 0.225 e. The van der Waals surface area contributed by atoms with Crippen LogP contribution in [0.5, 0.6) is 0 Å². The fourth-order valence-electron chi connectivity index (χ4n) is 3.66. The number of rotatable bonds is 4. The van der Waals surface area contributed by atoms with E-state index in [-0.39, 0.29) is 5.78 Å². The van der Waals surface area contributed by atoms with E-state index in [1.165, 1.54) is 45.6 Å². The monoisotopic (exact) mass is 331 g/mol. The molecule has 6 heteroatoms. The van der Waals surface area contributed by atoms with Gasteiger partial charge in [0.15, 0.2) is 5.78 Å². The summed E-state index contributed by atoms with van der Waals surface area (Å²) in [5.74, 6) is 1.59. The summed E-state index contributed by atoms with van der Waals surface area (Å²) in [4.78, 5) is 27.7. The van der Waals surface area contributed by atoms with Gasteiger partial charge in [-0.05, 0) is 39.7 Å². The van der Waals surface area contributed by atoms with Gasteiger partial charge in [-0.15, -0.1) is 0 Å². The molecule has 2 aliphatic rings. The van der Waals surface area contributed by atoms with Gasteiger partial charge in [-0.3, -0.25) is 4.79 Å². The van der Waals surface area contributed by atoms with E-state index in [0.29, 0.717) is 5.56 Å². The summed E-state index contributed by atoms with van der Waals surface area (Å²) in [6.07, 6.45) is 4.07. The van der Waals surface area contributed by atoms with E-state index in [1.807, 2.05) is 6.92 Å². The Morgan fingerprint density at radius 1 is 1.17 bits per heavy atom. The average molecular weight is 331 g/mol. The van der Waals surface area contributed by atoms with Crippen LogP contribution in [0, 0.1) is 12.8 Å². The Bertz CT molecular complexity index is 575. The van der Waals surface area contributed by atoms with Gasteiger partial charge in [0.1, 0.15) is 0 Å². The van der Waals surface area contributed by atoms with Crippen LogP contribution in [0.15, 0.2) is 6.20 Å². The van der Waals surface area contributed by atoms with E-state index >= 15 is 0 Å². The van der Waals surface area contributed by atoms with Crippen molar-refractivity contribution in [2.45, 2.75) is 26.7 Å². The summed E-state index contributed by atoms with van der Waals surface area (Å²) in [7, 11) is 2.20. The Morgan fingerprint density at radius 2 is 1.83 bits per heavy atom. The Hall–Kier alpha value is -1.53. The number of nitrogens with zero attached hydrogens (tertiary/aromatic N) is 5. The molecular weight excluding hydrogens is 302 g/mol. The number of likely N-dealkylation sites (N-methyl/N-ethyl adjacent to an activating group) is 1. The Kier molecular flexibility index (Phi) is 5.46. The Balaban J connectivity index is 1.51. The predicted octanol–water partition coefficient (Wildman–Crippen LogP) is 1.45. The van der Waals surface area contributed by atoms with Crippen LogP contribution in [0.3, 0.4) is 0 Å². The van der Waals surface area contributed by atoms with Crippen LogP contribution in [0.4, 0.5) is 5.95 Å². The van der Waals surface area contributed by atoms with Gasteiger partial charge in [-0.1, -0.05) is 0 Å². The molecule has 0 saturated carbocycles. The van der Waals surface area contributed by atoms with Gasteiger partial charge < -0.3 is 14.7 Å². The van der Waals surface area contributed by atoms with E-state index in [9.17, 15) is 4.79 Å². The van der Waals surface area contributed by atoms with Crippen LogP contribution < -0.4 is 4.90 Å². The number of hydrogen-bond donors (Lipinski definition) is 0. The van der Waals surface area contributed by atoms with Gasteiger partial charge in [0.05, 0.1) is 11.3 Å². The average Bonchev–Trinajstić information content (AvgIpc) is 2.57. The van der Waals surface area contributed by atoms with E-state index in [2.05, 4.69) is 31.7 Å². The molecule has 2 saturated heterocycles. The minimum absolute atomic E-state index is 0.0323. The summed E-state index contributed by atoms with van der Waals surface area (Å²) >= 11 is 0. The van der Waals surface area contributed by atoms with Crippen molar-refractivity contribution in [3.05, 3.63) is 17.5 Å². The third-order valence-corrected chi connectivity index (χ3v) is 5.36. The molecule has 0 radical (unpaired) electrons. The molecule has 0 spiro atoms. The first-order valence-electron chi connectivity index (χ1n) is 9.03. The van der Waals surface area contributed by atoms with Crippen LogP contribution in [-0.4, -0.2) is 78.4 Å². The summed E-state index contributed by atoms with van der Waals surface area (Å²) in [6.45, 7) is 11.5. The molecule has 0 N–H and O–H groups in total. The maximum atomic E-state index is 11.5. The van der Waals surface area contributed by atoms with Gasteiger partial charge in [-0.25, -0.2) is 9.97 Å². The number of carbonyl (C=O) groups is 1. The van der Waals surface area contributed by atoms with E-state index in [0.717, 1.165) is 30.6 Å². The molecule has 0 aliphatic carbocycles. The molecule has 3 heterocycles. The third-order valence-electron chi connectivity index (χ3n) is 5.36. The van der Waals surface area contributed by atoms with E-state index in [4.69, 9.17) is 0 Å². The molecule has 0 atom stereocenters. The lowest BCUT2D eigenvalue weighted by Gasteiger charge is -2.38. The number of anilines is 1. The molecule has 0 bridgehead atoms. The number of piperazine rings is 1. The van der Waals surface area contributed by atoms with Crippen LogP contribution in [0.25, 0.3) is 0 Å². The number of aryl methyl sites for hydroxylation is 1. The SMILES string of the molecule is CC(=O)c1cnc(N2CCC(CN3CCN(C)CC3)CC2)nc1C. The number of Topliss-reactive ketones (excluding diaryl/α,β-unsaturated/α-hetero) is 1. The lowest BCUT2D eigenvalue weighted by Crippen LogP contribution is -2.47. The van der Waals surface area contributed by atoms with Gasteiger partial charge >= 0.3 is 0 Å². The fraction of sp³-hybridized carbons (Fsp3) is 0.722. The zero-order valence-corrected chi connectivity index (χ0v) is 15.2. The summed E-state index contributed by atoms with van der Waals surface area (Å²) in [5.41, 5.74) is 1.41. The van der Waals surface area contributed by atoms with Gasteiger partial charge in [0.25, 0.3) is 0 Å². The molecule has 2 fully saturated rings. The van der Waals surface area contributed by atoms with Crippen LogP contribution in [0.2, 0.25) is 0 Å². The van der Waals surface area contributed by atoms with E-state index in [1.54, 1.807) is 13.1 Å². The van der Waals surface area contributed by atoms with Gasteiger partial charge in [0, 0.05) is 52.0 Å². The molecule has 132 valence electrons. The minimum Gasteiger partial charge on any atom is -0.341 e. The quantitative estimate of drug-likeness (QED) is 0.779. The molecule has 2 aliphatic heterocycles. The molecule has 1 aromatic rings. The summed E-state index contributed by atoms with van der Waals surface area (Å²) in [5, 5.41) is 0. The maximum absolute atomic E-state index is 11.5. The lowest BCUT2D eigenvalue weighted by molar-refractivity contribution is 0.101. The molecule has 0 aromatic carbocycles. The number of carbonyl (C=O) groups excluding carboxylic acids is 1. The largest absolute Gasteiger partial charge is 0.341 e. The van der Waals surface area contributed by atoms with Crippen LogP contribution in [-0.2, 0) is 0 Å². The van der Waals surface area contributed by atoms with Crippen molar-refractivity contribution in [3.8, 4) is 0 Å². The fourth-order valence-corrected chi connectivity index (χ4v) is 3.66. The second-order valence-corrected chi connectivity index (χ2v) is 7.26. The topological polar surface area (TPSA) is 52.6 Å². The molecule has 0 amide bonds. The molecule has 24 heavy (non-hydrogen) atoms. The Labute approximate surface area is 144 Å². The minimum atomic E-state index is 0.0323. The Morgan fingerprint density at radius 3 is 2.42 bits per heavy atom. The van der Waals surface area contributed by atoms with Crippen molar-refractivity contribution < 1.29 is 4.79 Å². The van der Waals surface area contributed by atoms with Crippen LogP contribution in [0.1, 0.15) is 35.8 Å². The van der Waals surface area contributed by atoms with Crippen molar-refractivity contribution in [1.82, 2.24) is 19.8 Å². The summed E-state index contributed by atoms with van der Waals surface area (Å²) in [6, 6.07) is 0. The zero-order chi connectivity index (χ0) is 17.1. The van der Waals surface area contributed by atoms with Gasteiger partial charge in [0.2, 0.25) is 5.95 Å². The van der Waals surface area contributed by atoms with Gasteiger partial charge in [-0.2, -0.15) is 0 Å². The predicted molar refractivity (Wildman–Crippen MR) is 95.6 cm³/mol. The highest BCUT2D eigenvalue weighted by atomic mass is 16.1. The highest BCUT2D eigenvalue weighted by Crippen LogP contribution is 2.22. The zero-order valence-electron chi connectivity index (χ0n) is 15.2. The third kappa shape index (κ3) is 4.11. The van der Waals surface area contributed by atoms with Crippen LogP contribution >= 0.6 is 0 Å². The molecular formula is C18H29N5O. The number of piperidine rings is 1. The highest BCUT2D eigenvalue weighted by Gasteiger charge is 2.24. The first kappa shape index (κ1) is 17.3. The van der Waals surface area contributed by atoms with Crippen molar-refractivity contribution in [3.63, 3.8) is 0 Å². The highest BCUT2D eigenvalue weighted by molar-refractivity contribution is 5.94. The normalized spacial score (nSPS) is 21.2. The number of aromatic nitrogens is 2. The molecule has 3 rings (SSSR count). The summed E-state index contributed by atoms with van der Waals surface area (Å²) < 4.78 is 0. The van der Waals surface area contributed by atoms with Crippen molar-refractivity contribution >= 4 is 11.7 Å². The second kappa shape index (κ2) is 7.57. The molecule has 0 unspecified atom stereocenters. The second-order valence-electron chi connectivity index (χ2n) is 7.26. The maximum Gasteiger partial charge on any atom is 0.225 e. The standard InChI is InChI=1S/C18H29N5O/c1-14-17(15(2)24)12-19-18(20-14)23-6-4-16(5-7-23)13-22-10-8-21(3)9-11-22/h12,16H,4-11,13H2,1-3H3. The van der Waals surface area contributed by atoms with Crippen molar-refractivity contribution in [2.75, 3.05) is 57.8 Å².